The molecule has 1 N–H and O–H groups in total. The van der Waals surface area contributed by atoms with Crippen molar-refractivity contribution in [3.63, 3.8) is 0 Å². The molecule has 35 heavy (non-hydrogen) atoms. The lowest BCUT2D eigenvalue weighted by Crippen LogP contribution is -2.52. The molecule has 4 aromatic rings. The largest absolute Gasteiger partial charge is 0.378 e. The van der Waals surface area contributed by atoms with Crippen LogP contribution in [0.1, 0.15) is 73.8 Å². The maximum Gasteiger partial charge on any atom is 0.158 e. The molecule has 5 heterocycles. The fourth-order valence-corrected chi connectivity index (χ4v) is 6.09. The maximum atomic E-state index is 5.41. The van der Waals surface area contributed by atoms with Gasteiger partial charge < -0.3 is 9.72 Å². The van der Waals surface area contributed by atoms with E-state index in [0.29, 0.717) is 23.9 Å². The van der Waals surface area contributed by atoms with Crippen LogP contribution < -0.4 is 0 Å². The van der Waals surface area contributed by atoms with Crippen LogP contribution in [-0.4, -0.2) is 61.8 Å². The van der Waals surface area contributed by atoms with Gasteiger partial charge in [0.05, 0.1) is 36.0 Å². The predicted octanol–water partition coefficient (Wildman–Crippen LogP) is 5.37. The van der Waals surface area contributed by atoms with Crippen molar-refractivity contribution in [3.8, 4) is 11.3 Å². The Morgan fingerprint density at radius 2 is 1.83 bits per heavy atom. The third kappa shape index (κ3) is 3.76. The van der Waals surface area contributed by atoms with Gasteiger partial charge in [0, 0.05) is 35.0 Å². The molecule has 1 aliphatic heterocycles. The van der Waals surface area contributed by atoms with E-state index in [1.165, 1.54) is 48.1 Å². The fourth-order valence-electron chi connectivity index (χ4n) is 6.09. The number of likely N-dealkylation sites (N-methyl/N-ethyl adjacent to an activating group) is 1. The predicted molar refractivity (Wildman–Crippen MR) is 139 cm³/mol. The fraction of sp³-hybridized carbons (Fsp3) is 0.536. The van der Waals surface area contributed by atoms with E-state index in [9.17, 15) is 0 Å². The highest BCUT2D eigenvalue weighted by atomic mass is 16.5. The molecule has 0 amide bonds. The summed E-state index contributed by atoms with van der Waals surface area (Å²) in [6, 6.07) is 5.78. The summed E-state index contributed by atoms with van der Waals surface area (Å²) in [4.78, 5) is 16.0. The molecule has 0 atom stereocenters. The molecule has 0 aromatic carbocycles. The lowest BCUT2D eigenvalue weighted by molar-refractivity contribution is -0.0739. The highest BCUT2D eigenvalue weighted by Gasteiger charge is 2.32. The molecule has 1 saturated carbocycles. The summed E-state index contributed by atoms with van der Waals surface area (Å²) in [5.41, 5.74) is 10.4. The summed E-state index contributed by atoms with van der Waals surface area (Å²) < 4.78 is 7.30. The highest BCUT2D eigenvalue weighted by molar-refractivity contribution is 5.89. The second-order valence-corrected chi connectivity index (χ2v) is 10.9. The third-order valence-electron chi connectivity index (χ3n) is 8.56. The minimum atomic E-state index is 0.349. The van der Waals surface area contributed by atoms with Gasteiger partial charge >= 0.3 is 0 Å². The summed E-state index contributed by atoms with van der Waals surface area (Å²) in [6.45, 7) is 10.6. The molecule has 4 aromatic heterocycles. The number of nitrogens with one attached hydrogen (secondary N) is 1. The first-order valence-electron chi connectivity index (χ1n) is 13.0. The van der Waals surface area contributed by atoms with Crippen LogP contribution in [0.2, 0.25) is 0 Å². The Hall–Kier alpha value is -2.77. The van der Waals surface area contributed by atoms with E-state index >= 15 is 0 Å². The SMILES string of the molecule is Cc1c(-c2[nH]c3ccc(C4CCC(N(C)C5COC5)CC4)nc3c2C(C)C)cn2ncnc2c1C. The van der Waals surface area contributed by atoms with E-state index in [4.69, 9.17) is 9.72 Å². The molecular formula is C28H36N6O. The summed E-state index contributed by atoms with van der Waals surface area (Å²) >= 11 is 0. The lowest BCUT2D eigenvalue weighted by atomic mass is 9.82. The van der Waals surface area contributed by atoms with Crippen molar-refractivity contribution in [2.45, 2.75) is 77.3 Å². The van der Waals surface area contributed by atoms with Crippen LogP contribution in [0.15, 0.2) is 24.7 Å². The summed E-state index contributed by atoms with van der Waals surface area (Å²) in [7, 11) is 2.28. The number of fused-ring (bicyclic) bond motifs is 2. The zero-order chi connectivity index (χ0) is 24.3. The minimum Gasteiger partial charge on any atom is -0.378 e. The van der Waals surface area contributed by atoms with Crippen LogP contribution in [0.3, 0.4) is 0 Å². The van der Waals surface area contributed by atoms with E-state index in [0.717, 1.165) is 41.2 Å². The number of ether oxygens (including phenoxy) is 1. The number of aromatic nitrogens is 5. The number of hydrogen-bond acceptors (Lipinski definition) is 5. The van der Waals surface area contributed by atoms with Crippen molar-refractivity contribution in [2.75, 3.05) is 20.3 Å². The van der Waals surface area contributed by atoms with Crippen LogP contribution in [0.25, 0.3) is 27.9 Å². The second-order valence-electron chi connectivity index (χ2n) is 10.9. The molecule has 7 nitrogen and oxygen atoms in total. The van der Waals surface area contributed by atoms with Gasteiger partial charge in [-0.15, -0.1) is 0 Å². The Balaban J connectivity index is 1.34. The Kier molecular flexibility index (Phi) is 5.65. The standard InChI is InChI=1S/C28H36N6O/c1-16(2)25-26(22-12-34-28(29-15-30-34)18(4)17(22)3)32-24-11-10-23(31-27(24)25)19-6-8-20(9-7-19)33(5)21-13-35-14-21/h10-12,15-16,19-21,32H,6-9,13-14H2,1-5H3. The van der Waals surface area contributed by atoms with Crippen molar-refractivity contribution in [1.29, 1.82) is 0 Å². The average Bonchev–Trinajstić information content (AvgIpc) is 3.44. The molecule has 6 rings (SSSR count). The lowest BCUT2D eigenvalue weighted by Gasteiger charge is -2.42. The van der Waals surface area contributed by atoms with E-state index < -0.39 is 0 Å². The van der Waals surface area contributed by atoms with Gasteiger partial charge in [0.15, 0.2) is 5.65 Å². The molecular weight excluding hydrogens is 436 g/mol. The normalized spacial score (nSPS) is 21.5. The second kappa shape index (κ2) is 8.71. The maximum absolute atomic E-state index is 5.41. The number of nitrogens with zero attached hydrogens (tertiary/aromatic N) is 5. The van der Waals surface area contributed by atoms with Crippen LogP contribution >= 0.6 is 0 Å². The topological polar surface area (TPSA) is 71.3 Å². The zero-order valence-corrected chi connectivity index (χ0v) is 21.5. The first-order valence-corrected chi connectivity index (χ1v) is 13.0. The molecule has 0 bridgehead atoms. The Labute approximate surface area is 206 Å². The molecule has 2 aliphatic rings. The Morgan fingerprint density at radius 3 is 2.51 bits per heavy atom. The van der Waals surface area contributed by atoms with Crippen molar-refractivity contribution in [3.05, 3.63) is 47.0 Å². The monoisotopic (exact) mass is 472 g/mol. The quantitative estimate of drug-likeness (QED) is 0.423. The van der Waals surface area contributed by atoms with Crippen molar-refractivity contribution >= 4 is 16.7 Å². The van der Waals surface area contributed by atoms with Crippen LogP contribution in [0.5, 0.6) is 0 Å². The van der Waals surface area contributed by atoms with Crippen molar-refractivity contribution < 1.29 is 4.74 Å². The van der Waals surface area contributed by atoms with Crippen LogP contribution in [0, 0.1) is 13.8 Å². The first-order chi connectivity index (χ1) is 16.9. The van der Waals surface area contributed by atoms with Crippen molar-refractivity contribution in [2.24, 2.45) is 0 Å². The number of rotatable bonds is 5. The zero-order valence-electron chi connectivity index (χ0n) is 21.5. The van der Waals surface area contributed by atoms with Crippen LogP contribution in [0.4, 0.5) is 0 Å². The summed E-state index contributed by atoms with van der Waals surface area (Å²) in [5, 5.41) is 4.41. The Bertz CT molecular complexity index is 1370. The molecule has 0 unspecified atom stereocenters. The molecule has 2 fully saturated rings. The van der Waals surface area contributed by atoms with Gasteiger partial charge in [-0.3, -0.25) is 9.88 Å². The summed E-state index contributed by atoms with van der Waals surface area (Å²) in [5.74, 6) is 0.886. The van der Waals surface area contributed by atoms with Gasteiger partial charge in [0.2, 0.25) is 0 Å². The molecule has 0 radical (unpaired) electrons. The third-order valence-corrected chi connectivity index (χ3v) is 8.56. The van der Waals surface area contributed by atoms with Gasteiger partial charge in [-0.1, -0.05) is 13.8 Å². The van der Waals surface area contributed by atoms with Gasteiger partial charge in [-0.25, -0.2) is 9.50 Å². The summed E-state index contributed by atoms with van der Waals surface area (Å²) in [6.07, 6.45) is 8.62. The average molecular weight is 473 g/mol. The van der Waals surface area contributed by atoms with Gasteiger partial charge in [-0.05, 0) is 75.8 Å². The molecule has 1 saturated heterocycles. The van der Waals surface area contributed by atoms with Gasteiger partial charge in [-0.2, -0.15) is 5.10 Å². The first kappa shape index (κ1) is 22.7. The van der Waals surface area contributed by atoms with E-state index in [-0.39, 0.29) is 0 Å². The molecule has 1 aliphatic carbocycles. The number of aromatic amines is 1. The number of aryl methyl sites for hydroxylation is 1. The number of pyridine rings is 2. The molecule has 7 heteroatoms. The van der Waals surface area contributed by atoms with E-state index in [1.54, 1.807) is 6.33 Å². The van der Waals surface area contributed by atoms with Gasteiger partial charge in [0.25, 0.3) is 0 Å². The molecule has 0 spiro atoms. The number of H-pyrrole nitrogens is 1. The van der Waals surface area contributed by atoms with Crippen LogP contribution in [-0.2, 0) is 4.74 Å². The highest BCUT2D eigenvalue weighted by Crippen LogP contribution is 2.40. The Morgan fingerprint density at radius 1 is 1.06 bits per heavy atom. The van der Waals surface area contributed by atoms with Gasteiger partial charge in [0.1, 0.15) is 6.33 Å². The smallest absolute Gasteiger partial charge is 0.158 e. The number of hydrogen-bond donors (Lipinski definition) is 1. The minimum absolute atomic E-state index is 0.349. The van der Waals surface area contributed by atoms with E-state index in [1.807, 2.05) is 4.52 Å². The van der Waals surface area contributed by atoms with E-state index in [2.05, 4.69) is 73.0 Å². The van der Waals surface area contributed by atoms with Crippen molar-refractivity contribution in [1.82, 2.24) is 29.5 Å². The molecule has 184 valence electrons.